The standard InChI is InChI=1S/C15H22BrNO/c1-11-8-13(16)12(9-14(11)18-2)15(10-17)6-4-3-5-7-15/h8-9H,3-7,10,17H2,1-2H3. The average molecular weight is 312 g/mol. The zero-order valence-electron chi connectivity index (χ0n) is 11.3. The second-order valence-electron chi connectivity index (χ2n) is 5.35. The number of ether oxygens (including phenoxy) is 1. The smallest absolute Gasteiger partial charge is 0.122 e. The molecule has 0 spiro atoms. The highest BCUT2D eigenvalue weighted by Crippen LogP contribution is 2.43. The normalized spacial score (nSPS) is 18.7. The third kappa shape index (κ3) is 2.43. The first-order valence-electron chi connectivity index (χ1n) is 6.67. The van der Waals surface area contributed by atoms with Gasteiger partial charge in [-0.05, 0) is 43.0 Å². The molecule has 0 atom stereocenters. The Hall–Kier alpha value is -0.540. The predicted octanol–water partition coefficient (Wildman–Crippen LogP) is 3.93. The van der Waals surface area contributed by atoms with Gasteiger partial charge in [0, 0.05) is 16.4 Å². The van der Waals surface area contributed by atoms with Gasteiger partial charge >= 0.3 is 0 Å². The first-order valence-corrected chi connectivity index (χ1v) is 7.47. The van der Waals surface area contributed by atoms with Crippen LogP contribution in [0, 0.1) is 6.92 Å². The lowest BCUT2D eigenvalue weighted by Crippen LogP contribution is -2.37. The van der Waals surface area contributed by atoms with Gasteiger partial charge in [-0.3, -0.25) is 0 Å². The van der Waals surface area contributed by atoms with Crippen molar-refractivity contribution in [1.29, 1.82) is 0 Å². The maximum absolute atomic E-state index is 6.11. The molecule has 0 saturated heterocycles. The zero-order chi connectivity index (χ0) is 13.2. The Kier molecular flexibility index (Phi) is 4.33. The summed E-state index contributed by atoms with van der Waals surface area (Å²) in [5, 5.41) is 0. The molecule has 18 heavy (non-hydrogen) atoms. The molecule has 0 radical (unpaired) electrons. The van der Waals surface area contributed by atoms with Crippen molar-refractivity contribution < 1.29 is 4.74 Å². The van der Waals surface area contributed by atoms with Crippen LogP contribution in [0.15, 0.2) is 16.6 Å². The fourth-order valence-electron chi connectivity index (χ4n) is 3.09. The Balaban J connectivity index is 2.47. The molecule has 0 aliphatic heterocycles. The van der Waals surface area contributed by atoms with Gasteiger partial charge in [0.05, 0.1) is 7.11 Å². The Morgan fingerprint density at radius 2 is 1.94 bits per heavy atom. The van der Waals surface area contributed by atoms with Crippen molar-refractivity contribution in [2.24, 2.45) is 5.73 Å². The minimum absolute atomic E-state index is 0.137. The highest BCUT2D eigenvalue weighted by molar-refractivity contribution is 9.10. The first-order chi connectivity index (χ1) is 8.63. The average Bonchev–Trinajstić information content (AvgIpc) is 2.39. The largest absolute Gasteiger partial charge is 0.496 e. The van der Waals surface area contributed by atoms with Crippen molar-refractivity contribution in [2.75, 3.05) is 13.7 Å². The van der Waals surface area contributed by atoms with Gasteiger partial charge in [0.1, 0.15) is 5.75 Å². The summed E-state index contributed by atoms with van der Waals surface area (Å²) in [5.41, 5.74) is 8.73. The van der Waals surface area contributed by atoms with Gasteiger partial charge < -0.3 is 10.5 Å². The summed E-state index contributed by atoms with van der Waals surface area (Å²) in [6.45, 7) is 2.79. The van der Waals surface area contributed by atoms with E-state index in [1.165, 1.54) is 42.1 Å². The highest BCUT2D eigenvalue weighted by atomic mass is 79.9. The van der Waals surface area contributed by atoms with Crippen LogP contribution in [0.2, 0.25) is 0 Å². The van der Waals surface area contributed by atoms with Gasteiger partial charge in [-0.15, -0.1) is 0 Å². The number of aryl methyl sites for hydroxylation is 1. The topological polar surface area (TPSA) is 35.2 Å². The van der Waals surface area contributed by atoms with Gasteiger partial charge in [-0.2, -0.15) is 0 Å². The predicted molar refractivity (Wildman–Crippen MR) is 79.2 cm³/mol. The third-order valence-electron chi connectivity index (χ3n) is 4.26. The lowest BCUT2D eigenvalue weighted by Gasteiger charge is -2.37. The number of nitrogens with two attached hydrogens (primary N) is 1. The van der Waals surface area contributed by atoms with E-state index in [0.717, 1.165) is 17.9 Å². The zero-order valence-corrected chi connectivity index (χ0v) is 12.8. The van der Waals surface area contributed by atoms with Crippen molar-refractivity contribution in [1.82, 2.24) is 0 Å². The molecule has 3 heteroatoms. The number of hydrogen-bond acceptors (Lipinski definition) is 2. The number of benzene rings is 1. The van der Waals surface area contributed by atoms with Crippen molar-refractivity contribution in [3.63, 3.8) is 0 Å². The van der Waals surface area contributed by atoms with E-state index in [9.17, 15) is 0 Å². The number of halogens is 1. The maximum Gasteiger partial charge on any atom is 0.122 e. The molecule has 0 amide bonds. The molecule has 0 unspecified atom stereocenters. The van der Waals surface area contributed by atoms with Crippen LogP contribution in [-0.4, -0.2) is 13.7 Å². The molecule has 2 N–H and O–H groups in total. The Labute approximate surface area is 118 Å². The van der Waals surface area contributed by atoms with E-state index in [0.29, 0.717) is 0 Å². The van der Waals surface area contributed by atoms with Crippen LogP contribution in [0.3, 0.4) is 0 Å². The maximum atomic E-state index is 6.11. The van der Waals surface area contributed by atoms with Gasteiger partial charge in [0.2, 0.25) is 0 Å². The van der Waals surface area contributed by atoms with Crippen LogP contribution in [0.4, 0.5) is 0 Å². The lowest BCUT2D eigenvalue weighted by molar-refractivity contribution is 0.298. The third-order valence-corrected chi connectivity index (χ3v) is 4.91. The number of methoxy groups -OCH3 is 1. The molecular formula is C15H22BrNO. The summed E-state index contributed by atoms with van der Waals surface area (Å²) in [5.74, 6) is 0.964. The van der Waals surface area contributed by atoms with Gasteiger partial charge in [-0.1, -0.05) is 35.2 Å². The molecular weight excluding hydrogens is 290 g/mol. The van der Waals surface area contributed by atoms with E-state index in [4.69, 9.17) is 10.5 Å². The Morgan fingerprint density at radius 3 is 2.50 bits per heavy atom. The molecule has 2 rings (SSSR count). The molecule has 1 aromatic rings. The molecule has 0 aromatic heterocycles. The quantitative estimate of drug-likeness (QED) is 0.918. The van der Waals surface area contributed by atoms with E-state index < -0.39 is 0 Å². The molecule has 0 heterocycles. The van der Waals surface area contributed by atoms with E-state index in [1.54, 1.807) is 7.11 Å². The lowest BCUT2D eigenvalue weighted by atomic mass is 9.69. The SMILES string of the molecule is COc1cc(C2(CN)CCCCC2)c(Br)cc1C. The molecule has 1 aromatic carbocycles. The molecule has 1 aliphatic carbocycles. The fourth-order valence-corrected chi connectivity index (χ4v) is 3.97. The van der Waals surface area contributed by atoms with Crippen molar-refractivity contribution in [3.05, 3.63) is 27.7 Å². The second kappa shape index (κ2) is 5.62. The highest BCUT2D eigenvalue weighted by Gasteiger charge is 2.34. The molecule has 1 fully saturated rings. The second-order valence-corrected chi connectivity index (χ2v) is 6.20. The van der Waals surface area contributed by atoms with Gasteiger partial charge in [0.25, 0.3) is 0 Å². The molecule has 1 aliphatic rings. The van der Waals surface area contributed by atoms with Crippen molar-refractivity contribution >= 4 is 15.9 Å². The van der Waals surface area contributed by atoms with Crippen LogP contribution < -0.4 is 10.5 Å². The number of rotatable bonds is 3. The van der Waals surface area contributed by atoms with E-state index >= 15 is 0 Å². The summed E-state index contributed by atoms with van der Waals surface area (Å²) >= 11 is 3.71. The fraction of sp³-hybridized carbons (Fsp3) is 0.600. The van der Waals surface area contributed by atoms with Crippen molar-refractivity contribution in [2.45, 2.75) is 44.4 Å². The molecule has 1 saturated carbocycles. The van der Waals surface area contributed by atoms with Crippen LogP contribution in [0.5, 0.6) is 5.75 Å². The van der Waals surface area contributed by atoms with Crippen LogP contribution >= 0.6 is 15.9 Å². The van der Waals surface area contributed by atoms with Crippen molar-refractivity contribution in [3.8, 4) is 5.75 Å². The summed E-state index contributed by atoms with van der Waals surface area (Å²) < 4.78 is 6.63. The minimum Gasteiger partial charge on any atom is -0.496 e. The Morgan fingerprint density at radius 1 is 1.28 bits per heavy atom. The molecule has 100 valence electrons. The van der Waals surface area contributed by atoms with Gasteiger partial charge in [-0.25, -0.2) is 0 Å². The minimum atomic E-state index is 0.137. The van der Waals surface area contributed by atoms with Gasteiger partial charge in [0.15, 0.2) is 0 Å². The van der Waals surface area contributed by atoms with E-state index in [-0.39, 0.29) is 5.41 Å². The van der Waals surface area contributed by atoms with Crippen LogP contribution in [-0.2, 0) is 5.41 Å². The molecule has 2 nitrogen and oxygen atoms in total. The first kappa shape index (κ1) is 13.9. The molecule has 0 bridgehead atoms. The van der Waals surface area contributed by atoms with Crippen LogP contribution in [0.1, 0.15) is 43.2 Å². The summed E-state index contributed by atoms with van der Waals surface area (Å²) in [7, 11) is 1.73. The van der Waals surface area contributed by atoms with E-state index in [1.807, 2.05) is 0 Å². The van der Waals surface area contributed by atoms with E-state index in [2.05, 4.69) is 35.0 Å². The summed E-state index contributed by atoms with van der Waals surface area (Å²) in [6, 6.07) is 4.33. The monoisotopic (exact) mass is 311 g/mol. The summed E-state index contributed by atoms with van der Waals surface area (Å²) in [6.07, 6.45) is 6.27. The summed E-state index contributed by atoms with van der Waals surface area (Å²) in [4.78, 5) is 0. The number of hydrogen-bond donors (Lipinski definition) is 1. The van der Waals surface area contributed by atoms with Crippen LogP contribution in [0.25, 0.3) is 0 Å². The Bertz CT molecular complexity index is 425.